The van der Waals surface area contributed by atoms with Crippen LogP contribution in [0.4, 0.5) is 0 Å². The van der Waals surface area contributed by atoms with E-state index in [0.717, 1.165) is 11.1 Å². The Labute approximate surface area is 131 Å². The fraction of sp³-hybridized carbons (Fsp3) is 0.316. The average molecular weight is 298 g/mol. The van der Waals surface area contributed by atoms with Gasteiger partial charge in [0, 0.05) is 5.56 Å². The molecule has 22 heavy (non-hydrogen) atoms. The first-order valence-corrected chi connectivity index (χ1v) is 7.39. The second kappa shape index (κ2) is 6.65. The summed E-state index contributed by atoms with van der Waals surface area (Å²) >= 11 is 0. The molecule has 3 nitrogen and oxygen atoms in total. The lowest BCUT2D eigenvalue weighted by Crippen LogP contribution is -2.32. The maximum atomic E-state index is 13.0. The Morgan fingerprint density at radius 3 is 2.18 bits per heavy atom. The molecule has 0 heterocycles. The molecule has 0 spiro atoms. The molecule has 0 saturated heterocycles. The van der Waals surface area contributed by atoms with Crippen LogP contribution in [0, 0.1) is 0 Å². The summed E-state index contributed by atoms with van der Waals surface area (Å²) in [7, 11) is 3.20. The fourth-order valence-electron chi connectivity index (χ4n) is 2.58. The van der Waals surface area contributed by atoms with E-state index >= 15 is 0 Å². The lowest BCUT2D eigenvalue weighted by atomic mass is 9.74. The number of methoxy groups -OCH3 is 2. The first-order valence-electron chi connectivity index (χ1n) is 7.39. The molecule has 116 valence electrons. The average Bonchev–Trinajstić information content (AvgIpc) is 2.60. The second-order valence-electron chi connectivity index (χ2n) is 5.45. The van der Waals surface area contributed by atoms with Crippen molar-refractivity contribution in [1.29, 1.82) is 0 Å². The Bertz CT molecular complexity index is 649. The first-order chi connectivity index (χ1) is 10.6. The smallest absolute Gasteiger partial charge is 0.173 e. The number of carbonyl (C=O) groups excluding carboxylic acids is 1. The Hall–Kier alpha value is -2.29. The minimum atomic E-state index is -0.596. The van der Waals surface area contributed by atoms with Gasteiger partial charge in [0.25, 0.3) is 0 Å². The number of ketones is 1. The third kappa shape index (κ3) is 2.84. The molecule has 0 aromatic heterocycles. The molecule has 2 rings (SSSR count). The topological polar surface area (TPSA) is 35.5 Å². The zero-order valence-electron chi connectivity index (χ0n) is 13.6. The molecule has 1 atom stereocenters. The van der Waals surface area contributed by atoms with Gasteiger partial charge in [-0.15, -0.1) is 0 Å². The summed E-state index contributed by atoms with van der Waals surface area (Å²) in [6.45, 7) is 4.00. The van der Waals surface area contributed by atoms with Gasteiger partial charge in [-0.2, -0.15) is 0 Å². The van der Waals surface area contributed by atoms with Crippen molar-refractivity contribution in [2.45, 2.75) is 25.7 Å². The lowest BCUT2D eigenvalue weighted by molar-refractivity contribution is 0.0892. The third-order valence-electron chi connectivity index (χ3n) is 4.26. The van der Waals surface area contributed by atoms with Gasteiger partial charge in [0.05, 0.1) is 19.6 Å². The number of hydrogen-bond donors (Lipinski definition) is 0. The SMILES string of the molecule is CCC(C)(C(=O)c1ccccc1)c1ccc(OC)c(OC)c1. The molecule has 2 aromatic rings. The largest absolute Gasteiger partial charge is 0.493 e. The quantitative estimate of drug-likeness (QED) is 0.748. The number of carbonyl (C=O) groups is 1. The molecule has 0 amide bonds. The van der Waals surface area contributed by atoms with Gasteiger partial charge in [-0.25, -0.2) is 0 Å². The predicted molar refractivity (Wildman–Crippen MR) is 88.0 cm³/mol. The van der Waals surface area contributed by atoms with Gasteiger partial charge in [0.15, 0.2) is 17.3 Å². The molecule has 0 saturated carbocycles. The van der Waals surface area contributed by atoms with Crippen LogP contribution in [0.3, 0.4) is 0 Å². The molecule has 3 heteroatoms. The van der Waals surface area contributed by atoms with Gasteiger partial charge < -0.3 is 9.47 Å². The van der Waals surface area contributed by atoms with Gasteiger partial charge >= 0.3 is 0 Å². The highest BCUT2D eigenvalue weighted by molar-refractivity contribution is 6.03. The van der Waals surface area contributed by atoms with E-state index in [9.17, 15) is 4.79 Å². The van der Waals surface area contributed by atoms with Crippen molar-refractivity contribution < 1.29 is 14.3 Å². The van der Waals surface area contributed by atoms with E-state index in [0.29, 0.717) is 17.9 Å². The molecular weight excluding hydrogens is 276 g/mol. The highest BCUT2D eigenvalue weighted by Gasteiger charge is 2.34. The van der Waals surface area contributed by atoms with Crippen LogP contribution in [0.2, 0.25) is 0 Å². The van der Waals surface area contributed by atoms with Gasteiger partial charge in [-0.1, -0.05) is 43.3 Å². The molecule has 0 fully saturated rings. The van der Waals surface area contributed by atoms with Crippen LogP contribution in [0.5, 0.6) is 11.5 Å². The zero-order chi connectivity index (χ0) is 16.2. The van der Waals surface area contributed by atoms with Crippen molar-refractivity contribution in [2.24, 2.45) is 0 Å². The van der Waals surface area contributed by atoms with Crippen molar-refractivity contribution in [1.82, 2.24) is 0 Å². The monoisotopic (exact) mass is 298 g/mol. The Morgan fingerprint density at radius 1 is 1.00 bits per heavy atom. The standard InChI is InChI=1S/C19H22O3/c1-5-19(2,18(20)14-9-7-6-8-10-14)15-11-12-16(21-3)17(13-15)22-4/h6-13H,5H2,1-4H3. The van der Waals surface area contributed by atoms with Crippen molar-refractivity contribution in [3.8, 4) is 11.5 Å². The molecular formula is C19H22O3. The van der Waals surface area contributed by atoms with E-state index in [1.807, 2.05) is 62.4 Å². The molecule has 2 aromatic carbocycles. The normalized spacial score (nSPS) is 13.3. The summed E-state index contributed by atoms with van der Waals surface area (Å²) in [5.41, 5.74) is 1.06. The van der Waals surface area contributed by atoms with Gasteiger partial charge in [0.1, 0.15) is 0 Å². The van der Waals surface area contributed by atoms with E-state index in [4.69, 9.17) is 9.47 Å². The minimum Gasteiger partial charge on any atom is -0.493 e. The molecule has 0 aliphatic carbocycles. The van der Waals surface area contributed by atoms with E-state index in [2.05, 4.69) is 0 Å². The van der Waals surface area contributed by atoms with Gasteiger partial charge in [-0.3, -0.25) is 4.79 Å². The Balaban J connectivity index is 2.48. The summed E-state index contributed by atoms with van der Waals surface area (Å²) < 4.78 is 10.6. The number of Topliss-reactive ketones (excluding diaryl/α,β-unsaturated/α-hetero) is 1. The minimum absolute atomic E-state index is 0.114. The van der Waals surface area contributed by atoms with Crippen molar-refractivity contribution >= 4 is 5.78 Å². The van der Waals surface area contributed by atoms with Crippen LogP contribution in [-0.4, -0.2) is 20.0 Å². The molecule has 0 aliphatic rings. The van der Waals surface area contributed by atoms with Crippen molar-refractivity contribution in [3.05, 3.63) is 59.7 Å². The first kappa shape index (κ1) is 16.1. The van der Waals surface area contributed by atoms with Crippen LogP contribution in [0.1, 0.15) is 36.2 Å². The van der Waals surface area contributed by atoms with Crippen LogP contribution >= 0.6 is 0 Å². The van der Waals surface area contributed by atoms with Crippen LogP contribution in [0.15, 0.2) is 48.5 Å². The van der Waals surface area contributed by atoms with Crippen LogP contribution in [0.25, 0.3) is 0 Å². The van der Waals surface area contributed by atoms with E-state index in [1.54, 1.807) is 14.2 Å². The number of rotatable bonds is 6. The van der Waals surface area contributed by atoms with Crippen LogP contribution < -0.4 is 9.47 Å². The van der Waals surface area contributed by atoms with E-state index in [1.165, 1.54) is 0 Å². The fourth-order valence-corrected chi connectivity index (χ4v) is 2.58. The van der Waals surface area contributed by atoms with Crippen LogP contribution in [-0.2, 0) is 5.41 Å². The lowest BCUT2D eigenvalue weighted by Gasteiger charge is -2.28. The number of hydrogen-bond acceptors (Lipinski definition) is 3. The predicted octanol–water partition coefficient (Wildman–Crippen LogP) is 4.25. The maximum absolute atomic E-state index is 13.0. The molecule has 0 bridgehead atoms. The second-order valence-corrected chi connectivity index (χ2v) is 5.45. The zero-order valence-corrected chi connectivity index (χ0v) is 13.6. The highest BCUT2D eigenvalue weighted by atomic mass is 16.5. The van der Waals surface area contributed by atoms with Crippen molar-refractivity contribution in [2.75, 3.05) is 14.2 Å². The van der Waals surface area contributed by atoms with Crippen molar-refractivity contribution in [3.63, 3.8) is 0 Å². The maximum Gasteiger partial charge on any atom is 0.173 e. The van der Waals surface area contributed by atoms with E-state index in [-0.39, 0.29) is 5.78 Å². The van der Waals surface area contributed by atoms with E-state index < -0.39 is 5.41 Å². The van der Waals surface area contributed by atoms with Gasteiger partial charge in [-0.05, 0) is 31.0 Å². The van der Waals surface area contributed by atoms with Gasteiger partial charge in [0.2, 0.25) is 0 Å². The summed E-state index contributed by atoms with van der Waals surface area (Å²) in [5, 5.41) is 0. The molecule has 0 N–H and O–H groups in total. The molecule has 0 radical (unpaired) electrons. The Kier molecular flexibility index (Phi) is 4.86. The summed E-state index contributed by atoms with van der Waals surface area (Å²) in [6.07, 6.45) is 0.705. The Morgan fingerprint density at radius 2 is 1.64 bits per heavy atom. The molecule has 0 aliphatic heterocycles. The number of ether oxygens (including phenoxy) is 2. The summed E-state index contributed by atoms with van der Waals surface area (Å²) in [5.74, 6) is 1.42. The molecule has 1 unspecified atom stereocenters. The highest BCUT2D eigenvalue weighted by Crippen LogP contribution is 2.37. The summed E-state index contributed by atoms with van der Waals surface area (Å²) in [4.78, 5) is 13.0. The number of benzene rings is 2. The summed E-state index contributed by atoms with van der Waals surface area (Å²) in [6, 6.07) is 15.1. The third-order valence-corrected chi connectivity index (χ3v) is 4.26.